The Morgan fingerprint density at radius 2 is 1.80 bits per heavy atom. The number of ether oxygens (including phenoxy) is 2. The highest BCUT2D eigenvalue weighted by molar-refractivity contribution is 14.0. The molecular formula is C22H30ClIN4O2. The predicted molar refractivity (Wildman–Crippen MR) is 134 cm³/mol. The first kappa shape index (κ1) is 24.6. The van der Waals surface area contributed by atoms with Gasteiger partial charge in [-0.15, -0.1) is 24.0 Å². The molecule has 0 fully saturated rings. The van der Waals surface area contributed by atoms with Crippen molar-refractivity contribution in [2.75, 3.05) is 40.9 Å². The highest BCUT2D eigenvalue weighted by Crippen LogP contribution is 2.33. The third-order valence-electron chi connectivity index (χ3n) is 5.15. The maximum Gasteiger partial charge on any atom is 0.191 e. The molecule has 1 aliphatic heterocycles. The quantitative estimate of drug-likeness (QED) is 0.316. The van der Waals surface area contributed by atoms with Gasteiger partial charge in [0.15, 0.2) is 17.5 Å². The summed E-state index contributed by atoms with van der Waals surface area (Å²) >= 11 is 6.21. The molecule has 30 heavy (non-hydrogen) atoms. The Hall–Kier alpha value is -1.71. The van der Waals surface area contributed by atoms with Crippen LogP contribution in [0.15, 0.2) is 41.4 Å². The summed E-state index contributed by atoms with van der Waals surface area (Å²) in [7, 11) is 5.13. The lowest BCUT2D eigenvalue weighted by Crippen LogP contribution is -2.42. The standard InChI is InChI=1S/C22H29ClN4O2.HI/c1-24-22(26-14-17-6-4-5-7-19(17)23)25-9-11-27-10-8-16-12-20(28-2)21(29-3)13-18(16)15-27;/h4-7,12-13H,8-11,14-15H2,1-3H3,(H2,24,25,26);1H. The van der Waals surface area contributed by atoms with Crippen molar-refractivity contribution in [2.24, 2.45) is 4.99 Å². The van der Waals surface area contributed by atoms with E-state index in [0.29, 0.717) is 6.54 Å². The highest BCUT2D eigenvalue weighted by Gasteiger charge is 2.19. The number of hydrogen-bond donors (Lipinski definition) is 2. The number of halogens is 2. The first-order valence-electron chi connectivity index (χ1n) is 9.78. The largest absolute Gasteiger partial charge is 0.493 e. The van der Waals surface area contributed by atoms with Gasteiger partial charge in [-0.1, -0.05) is 29.8 Å². The summed E-state index contributed by atoms with van der Waals surface area (Å²) in [5.74, 6) is 2.36. The van der Waals surface area contributed by atoms with Gasteiger partial charge < -0.3 is 20.1 Å². The van der Waals surface area contributed by atoms with Crippen LogP contribution in [-0.4, -0.2) is 51.8 Å². The van der Waals surface area contributed by atoms with Crippen molar-refractivity contribution in [1.82, 2.24) is 15.5 Å². The second-order valence-corrected chi connectivity index (χ2v) is 7.35. The Morgan fingerprint density at radius 1 is 1.10 bits per heavy atom. The Labute approximate surface area is 201 Å². The zero-order valence-electron chi connectivity index (χ0n) is 17.7. The topological polar surface area (TPSA) is 58.1 Å². The van der Waals surface area contributed by atoms with Crippen LogP contribution in [0.3, 0.4) is 0 Å². The number of nitrogens with zero attached hydrogens (tertiary/aromatic N) is 2. The van der Waals surface area contributed by atoms with Gasteiger partial charge in [0.1, 0.15) is 0 Å². The minimum atomic E-state index is 0. The normalized spacial score (nSPS) is 13.8. The molecule has 0 bridgehead atoms. The smallest absolute Gasteiger partial charge is 0.191 e. The van der Waals surface area contributed by atoms with Gasteiger partial charge >= 0.3 is 0 Å². The lowest BCUT2D eigenvalue weighted by atomic mass is 9.99. The van der Waals surface area contributed by atoms with Gasteiger partial charge in [0.25, 0.3) is 0 Å². The molecule has 0 aliphatic carbocycles. The molecule has 0 radical (unpaired) electrons. The second kappa shape index (κ2) is 12.2. The Balaban J connectivity index is 0.00000320. The van der Waals surface area contributed by atoms with E-state index in [1.807, 2.05) is 24.3 Å². The molecule has 2 aromatic carbocycles. The molecule has 0 amide bonds. The molecule has 0 saturated heterocycles. The van der Waals surface area contributed by atoms with Crippen LogP contribution in [-0.2, 0) is 19.5 Å². The number of benzene rings is 2. The van der Waals surface area contributed by atoms with E-state index in [1.165, 1.54) is 11.1 Å². The number of aliphatic imine (C=N–C) groups is 1. The maximum atomic E-state index is 6.21. The first-order chi connectivity index (χ1) is 14.1. The maximum absolute atomic E-state index is 6.21. The van der Waals surface area contributed by atoms with Gasteiger partial charge in [0.05, 0.1) is 14.2 Å². The average Bonchev–Trinajstić information content (AvgIpc) is 2.75. The zero-order valence-corrected chi connectivity index (χ0v) is 20.8. The van der Waals surface area contributed by atoms with Crippen molar-refractivity contribution in [1.29, 1.82) is 0 Å². The summed E-state index contributed by atoms with van der Waals surface area (Å²) in [6, 6.07) is 12.0. The summed E-state index contributed by atoms with van der Waals surface area (Å²) < 4.78 is 10.9. The summed E-state index contributed by atoms with van der Waals surface area (Å²) in [4.78, 5) is 6.73. The minimum absolute atomic E-state index is 0. The minimum Gasteiger partial charge on any atom is -0.493 e. The molecule has 1 aliphatic rings. The van der Waals surface area contributed by atoms with E-state index in [0.717, 1.165) is 60.6 Å². The van der Waals surface area contributed by atoms with Crippen LogP contribution in [0.25, 0.3) is 0 Å². The summed E-state index contributed by atoms with van der Waals surface area (Å²) in [6.45, 7) is 4.31. The molecule has 6 nitrogen and oxygen atoms in total. The van der Waals surface area contributed by atoms with Crippen molar-refractivity contribution in [3.8, 4) is 11.5 Å². The molecule has 0 spiro atoms. The molecular weight excluding hydrogens is 515 g/mol. The van der Waals surface area contributed by atoms with E-state index >= 15 is 0 Å². The Morgan fingerprint density at radius 3 is 2.47 bits per heavy atom. The molecule has 2 aromatic rings. The van der Waals surface area contributed by atoms with Crippen molar-refractivity contribution in [3.63, 3.8) is 0 Å². The van der Waals surface area contributed by atoms with Gasteiger partial charge in [0, 0.05) is 44.8 Å². The van der Waals surface area contributed by atoms with Crippen molar-refractivity contribution in [2.45, 2.75) is 19.5 Å². The van der Waals surface area contributed by atoms with Crippen LogP contribution >= 0.6 is 35.6 Å². The molecule has 164 valence electrons. The van der Waals surface area contributed by atoms with Gasteiger partial charge in [-0.2, -0.15) is 0 Å². The molecule has 0 aromatic heterocycles. The van der Waals surface area contributed by atoms with Gasteiger partial charge in [-0.25, -0.2) is 0 Å². The van der Waals surface area contributed by atoms with E-state index in [-0.39, 0.29) is 24.0 Å². The summed E-state index contributed by atoms with van der Waals surface area (Å²) in [5.41, 5.74) is 3.69. The van der Waals surface area contributed by atoms with Gasteiger partial charge in [-0.3, -0.25) is 9.89 Å². The molecule has 0 saturated carbocycles. The lowest BCUT2D eigenvalue weighted by Gasteiger charge is -2.29. The van der Waals surface area contributed by atoms with Gasteiger partial charge in [-0.05, 0) is 41.3 Å². The van der Waals surface area contributed by atoms with E-state index in [9.17, 15) is 0 Å². The van der Waals surface area contributed by atoms with Crippen LogP contribution in [0.1, 0.15) is 16.7 Å². The molecule has 1 heterocycles. The van der Waals surface area contributed by atoms with E-state index in [4.69, 9.17) is 21.1 Å². The van der Waals surface area contributed by atoms with Crippen LogP contribution in [0.2, 0.25) is 5.02 Å². The third-order valence-corrected chi connectivity index (χ3v) is 5.51. The second-order valence-electron chi connectivity index (χ2n) is 6.95. The van der Waals surface area contributed by atoms with E-state index in [1.54, 1.807) is 21.3 Å². The fraction of sp³-hybridized carbons (Fsp3) is 0.409. The van der Waals surface area contributed by atoms with E-state index < -0.39 is 0 Å². The number of guanidine groups is 1. The fourth-order valence-corrected chi connectivity index (χ4v) is 3.71. The number of rotatable bonds is 7. The number of methoxy groups -OCH3 is 2. The molecule has 3 rings (SSSR count). The molecule has 8 heteroatoms. The van der Waals surface area contributed by atoms with Crippen molar-refractivity contribution < 1.29 is 9.47 Å². The van der Waals surface area contributed by atoms with Crippen LogP contribution in [0, 0.1) is 0 Å². The number of nitrogens with one attached hydrogen (secondary N) is 2. The summed E-state index contributed by atoms with van der Waals surface area (Å²) in [6.07, 6.45) is 1.01. The molecule has 0 unspecified atom stereocenters. The van der Waals surface area contributed by atoms with E-state index in [2.05, 4.69) is 32.7 Å². The van der Waals surface area contributed by atoms with Crippen LogP contribution in [0.5, 0.6) is 11.5 Å². The Kier molecular flexibility index (Phi) is 10.0. The highest BCUT2D eigenvalue weighted by atomic mass is 127. The van der Waals surface area contributed by atoms with Crippen molar-refractivity contribution >= 4 is 41.5 Å². The Bertz CT molecular complexity index is 863. The van der Waals surface area contributed by atoms with Crippen LogP contribution in [0.4, 0.5) is 0 Å². The fourth-order valence-electron chi connectivity index (χ4n) is 3.51. The molecule has 0 atom stereocenters. The first-order valence-corrected chi connectivity index (χ1v) is 10.2. The lowest BCUT2D eigenvalue weighted by molar-refractivity contribution is 0.256. The third kappa shape index (κ3) is 6.39. The average molecular weight is 545 g/mol. The molecule has 2 N–H and O–H groups in total. The SMILES string of the molecule is CN=C(NCCN1CCc2cc(OC)c(OC)cc2C1)NCc1ccccc1Cl.I. The van der Waals surface area contributed by atoms with Gasteiger partial charge in [0.2, 0.25) is 0 Å². The summed E-state index contributed by atoms with van der Waals surface area (Å²) in [5, 5.41) is 7.45. The van der Waals surface area contributed by atoms with Crippen molar-refractivity contribution in [3.05, 3.63) is 58.1 Å². The predicted octanol–water partition coefficient (Wildman–Crippen LogP) is 3.70. The number of fused-ring (bicyclic) bond motifs is 1. The number of hydrogen-bond acceptors (Lipinski definition) is 4. The monoisotopic (exact) mass is 544 g/mol. The van der Waals surface area contributed by atoms with Crippen LogP contribution < -0.4 is 20.1 Å². The zero-order chi connectivity index (χ0) is 20.6.